The number of nitrogens with one attached hydrogen (secondary N) is 1. The highest BCUT2D eigenvalue weighted by Crippen LogP contribution is 2.10. The third kappa shape index (κ3) is 5.68. The summed E-state index contributed by atoms with van der Waals surface area (Å²) in [7, 11) is 0. The van der Waals surface area contributed by atoms with E-state index in [4.69, 9.17) is 4.74 Å². The zero-order chi connectivity index (χ0) is 18.2. The summed E-state index contributed by atoms with van der Waals surface area (Å²) in [5.74, 6) is 0.00632. The maximum atomic E-state index is 12.3. The molecule has 3 rings (SSSR count). The second-order valence-electron chi connectivity index (χ2n) is 6.93. The molecule has 0 bridgehead atoms. The van der Waals surface area contributed by atoms with Crippen molar-refractivity contribution in [2.45, 2.75) is 26.3 Å². The fourth-order valence-electron chi connectivity index (χ4n) is 3.13. The molecule has 1 saturated heterocycles. The molecule has 138 valence electrons. The van der Waals surface area contributed by atoms with Crippen molar-refractivity contribution in [2.24, 2.45) is 0 Å². The van der Waals surface area contributed by atoms with E-state index in [-0.39, 0.29) is 5.91 Å². The monoisotopic (exact) mass is 352 g/mol. The van der Waals surface area contributed by atoms with E-state index in [9.17, 15) is 4.79 Å². The maximum absolute atomic E-state index is 12.3. The number of carbonyl (C=O) groups excluding carboxylic acids is 1. The van der Waals surface area contributed by atoms with Gasteiger partial charge in [0.05, 0.1) is 13.2 Å². The van der Waals surface area contributed by atoms with E-state index in [2.05, 4.69) is 53.5 Å². The highest BCUT2D eigenvalue weighted by molar-refractivity contribution is 5.94. The van der Waals surface area contributed by atoms with Gasteiger partial charge in [-0.3, -0.25) is 9.69 Å². The molecule has 1 heterocycles. The third-order valence-electron chi connectivity index (χ3n) is 4.77. The lowest BCUT2D eigenvalue weighted by molar-refractivity contribution is 0.0342. The zero-order valence-electron chi connectivity index (χ0n) is 15.5. The Kier molecular flexibility index (Phi) is 6.81. The lowest BCUT2D eigenvalue weighted by atomic mass is 10.1. The molecule has 2 aromatic carbocycles. The number of aryl methyl sites for hydroxylation is 2. The fraction of sp³-hybridized carbons (Fsp3) is 0.409. The number of benzene rings is 2. The van der Waals surface area contributed by atoms with Crippen LogP contribution >= 0.6 is 0 Å². The topological polar surface area (TPSA) is 41.6 Å². The number of nitrogens with zero attached hydrogens (tertiary/aromatic N) is 1. The molecule has 26 heavy (non-hydrogen) atoms. The molecule has 0 atom stereocenters. The first-order valence-electron chi connectivity index (χ1n) is 9.43. The lowest BCUT2D eigenvalue weighted by Gasteiger charge is -2.26. The molecule has 2 aromatic rings. The van der Waals surface area contributed by atoms with E-state index in [0.29, 0.717) is 6.54 Å². The Labute approximate surface area is 156 Å². The van der Waals surface area contributed by atoms with Crippen LogP contribution in [-0.2, 0) is 17.7 Å². The largest absolute Gasteiger partial charge is 0.379 e. The van der Waals surface area contributed by atoms with E-state index in [0.717, 1.165) is 51.3 Å². The van der Waals surface area contributed by atoms with Gasteiger partial charge in [0.2, 0.25) is 0 Å². The van der Waals surface area contributed by atoms with Crippen LogP contribution in [0.2, 0.25) is 0 Å². The van der Waals surface area contributed by atoms with Crippen molar-refractivity contribution in [1.29, 1.82) is 0 Å². The minimum Gasteiger partial charge on any atom is -0.379 e. The second-order valence-corrected chi connectivity index (χ2v) is 6.93. The highest BCUT2D eigenvalue weighted by atomic mass is 16.5. The van der Waals surface area contributed by atoms with Gasteiger partial charge in [0.15, 0.2) is 0 Å². The summed E-state index contributed by atoms with van der Waals surface area (Å²) in [5.41, 5.74) is 4.56. The molecular formula is C22H28N2O2. The van der Waals surface area contributed by atoms with E-state index in [1.807, 2.05) is 12.1 Å². The van der Waals surface area contributed by atoms with Crippen molar-refractivity contribution in [3.05, 3.63) is 70.8 Å². The Bertz CT molecular complexity index is 689. The van der Waals surface area contributed by atoms with E-state index >= 15 is 0 Å². The van der Waals surface area contributed by atoms with Gasteiger partial charge in [-0.2, -0.15) is 0 Å². The van der Waals surface area contributed by atoms with Gasteiger partial charge in [0.1, 0.15) is 0 Å². The lowest BCUT2D eigenvalue weighted by Crippen LogP contribution is -2.35. The van der Waals surface area contributed by atoms with Gasteiger partial charge in [-0.05, 0) is 43.0 Å². The summed E-state index contributed by atoms with van der Waals surface area (Å²) in [6.07, 6.45) is 1.93. The molecule has 1 aliphatic heterocycles. The van der Waals surface area contributed by atoms with Crippen molar-refractivity contribution >= 4 is 5.91 Å². The third-order valence-corrected chi connectivity index (χ3v) is 4.77. The van der Waals surface area contributed by atoms with Crippen LogP contribution in [0.5, 0.6) is 0 Å². The van der Waals surface area contributed by atoms with Crippen LogP contribution in [0.4, 0.5) is 0 Å². The van der Waals surface area contributed by atoms with Gasteiger partial charge in [0, 0.05) is 31.7 Å². The molecular weight excluding hydrogens is 324 g/mol. The Hall–Kier alpha value is -2.17. The standard InChI is InChI=1S/C22H28N2O2/c1-18-4-6-19(7-5-18)3-2-12-23-22(25)21-10-8-20(9-11-21)17-24-13-15-26-16-14-24/h4-11H,2-3,12-17H2,1H3,(H,23,25). The average Bonchev–Trinajstić information content (AvgIpc) is 2.68. The summed E-state index contributed by atoms with van der Waals surface area (Å²) in [5, 5.41) is 3.02. The molecule has 4 heteroatoms. The smallest absolute Gasteiger partial charge is 0.251 e. The Balaban J connectivity index is 1.40. The van der Waals surface area contributed by atoms with Crippen molar-refractivity contribution in [3.63, 3.8) is 0 Å². The Morgan fingerprint density at radius 2 is 1.65 bits per heavy atom. The molecule has 4 nitrogen and oxygen atoms in total. The first-order valence-corrected chi connectivity index (χ1v) is 9.43. The molecule has 0 aliphatic carbocycles. The quantitative estimate of drug-likeness (QED) is 0.778. The predicted molar refractivity (Wildman–Crippen MR) is 104 cm³/mol. The first kappa shape index (κ1) is 18.6. The van der Waals surface area contributed by atoms with Gasteiger partial charge in [-0.25, -0.2) is 0 Å². The van der Waals surface area contributed by atoms with E-state index in [1.165, 1.54) is 16.7 Å². The number of hydrogen-bond donors (Lipinski definition) is 1. The molecule has 0 saturated carbocycles. The molecule has 1 N–H and O–H groups in total. The van der Waals surface area contributed by atoms with E-state index in [1.54, 1.807) is 0 Å². The average molecular weight is 352 g/mol. The van der Waals surface area contributed by atoms with Crippen LogP contribution < -0.4 is 5.32 Å². The summed E-state index contributed by atoms with van der Waals surface area (Å²) in [6, 6.07) is 16.5. The van der Waals surface area contributed by atoms with Crippen LogP contribution in [-0.4, -0.2) is 43.7 Å². The van der Waals surface area contributed by atoms with Gasteiger partial charge in [0.25, 0.3) is 5.91 Å². The van der Waals surface area contributed by atoms with Gasteiger partial charge in [-0.15, -0.1) is 0 Å². The van der Waals surface area contributed by atoms with Crippen LogP contribution in [0, 0.1) is 6.92 Å². The first-order chi connectivity index (χ1) is 12.7. The number of carbonyl (C=O) groups is 1. The molecule has 1 aliphatic rings. The summed E-state index contributed by atoms with van der Waals surface area (Å²) >= 11 is 0. The van der Waals surface area contributed by atoms with Gasteiger partial charge >= 0.3 is 0 Å². The van der Waals surface area contributed by atoms with Crippen LogP contribution in [0.15, 0.2) is 48.5 Å². The Morgan fingerprint density at radius 3 is 2.35 bits per heavy atom. The highest BCUT2D eigenvalue weighted by Gasteiger charge is 2.11. The minimum absolute atomic E-state index is 0.00632. The molecule has 0 spiro atoms. The summed E-state index contributed by atoms with van der Waals surface area (Å²) in [4.78, 5) is 14.6. The van der Waals surface area contributed by atoms with Crippen molar-refractivity contribution < 1.29 is 9.53 Å². The van der Waals surface area contributed by atoms with Crippen LogP contribution in [0.3, 0.4) is 0 Å². The Morgan fingerprint density at radius 1 is 1.00 bits per heavy atom. The molecule has 1 amide bonds. The van der Waals surface area contributed by atoms with Crippen LogP contribution in [0.1, 0.15) is 33.5 Å². The molecule has 1 fully saturated rings. The predicted octanol–water partition coefficient (Wildman–Crippen LogP) is 3.19. The number of amides is 1. The second kappa shape index (κ2) is 9.51. The number of ether oxygens (including phenoxy) is 1. The number of rotatable bonds is 7. The normalized spacial score (nSPS) is 15.0. The number of hydrogen-bond acceptors (Lipinski definition) is 3. The molecule has 0 radical (unpaired) electrons. The van der Waals surface area contributed by atoms with Crippen LogP contribution in [0.25, 0.3) is 0 Å². The molecule has 0 aromatic heterocycles. The van der Waals surface area contributed by atoms with Crippen molar-refractivity contribution in [1.82, 2.24) is 10.2 Å². The van der Waals surface area contributed by atoms with E-state index < -0.39 is 0 Å². The summed E-state index contributed by atoms with van der Waals surface area (Å²) in [6.45, 7) is 7.28. The SMILES string of the molecule is Cc1ccc(CCCNC(=O)c2ccc(CN3CCOCC3)cc2)cc1. The van der Waals surface area contributed by atoms with Crippen molar-refractivity contribution in [3.8, 4) is 0 Å². The molecule has 0 unspecified atom stereocenters. The zero-order valence-corrected chi connectivity index (χ0v) is 15.5. The van der Waals surface area contributed by atoms with Gasteiger partial charge in [-0.1, -0.05) is 42.0 Å². The maximum Gasteiger partial charge on any atom is 0.251 e. The minimum atomic E-state index is 0.00632. The summed E-state index contributed by atoms with van der Waals surface area (Å²) < 4.78 is 5.37. The van der Waals surface area contributed by atoms with Crippen molar-refractivity contribution in [2.75, 3.05) is 32.8 Å². The fourth-order valence-corrected chi connectivity index (χ4v) is 3.13. The number of morpholine rings is 1. The van der Waals surface area contributed by atoms with Gasteiger partial charge < -0.3 is 10.1 Å².